The smallest absolute Gasteiger partial charge is 0.251 e. The molecule has 18 heavy (non-hydrogen) atoms. The van der Waals surface area contributed by atoms with Crippen molar-refractivity contribution in [3.8, 4) is 0 Å². The number of carbonyl (C=O) groups excluding carboxylic acids is 1. The van der Waals surface area contributed by atoms with Crippen molar-refractivity contribution in [1.82, 2.24) is 10.6 Å². The molecule has 1 aromatic rings. The fraction of sp³-hybridized carbons (Fsp3) is 0.400. The topological polar surface area (TPSA) is 41.1 Å². The van der Waals surface area contributed by atoms with Gasteiger partial charge in [-0.3, -0.25) is 4.79 Å². The second kappa shape index (κ2) is 7.67. The molecule has 0 spiro atoms. The monoisotopic (exact) mass is 246 g/mol. The zero-order valence-corrected chi connectivity index (χ0v) is 11.2. The molecule has 0 aliphatic rings. The van der Waals surface area contributed by atoms with Gasteiger partial charge in [0.2, 0.25) is 0 Å². The summed E-state index contributed by atoms with van der Waals surface area (Å²) in [5, 5.41) is 6.06. The quantitative estimate of drug-likeness (QED) is 0.726. The predicted octanol–water partition coefficient (Wildman–Crippen LogP) is 2.49. The zero-order chi connectivity index (χ0) is 13.4. The van der Waals surface area contributed by atoms with Crippen molar-refractivity contribution in [3.63, 3.8) is 0 Å². The molecule has 0 bridgehead atoms. The Balaban J connectivity index is 2.44. The molecular formula is C15H22N2O. The molecule has 3 heteroatoms. The Labute approximate surface area is 109 Å². The molecule has 1 atom stereocenters. The van der Waals surface area contributed by atoms with Gasteiger partial charge in [-0.2, -0.15) is 0 Å². The lowest BCUT2D eigenvalue weighted by molar-refractivity contribution is 0.0963. The fourth-order valence-corrected chi connectivity index (χ4v) is 1.68. The van der Waals surface area contributed by atoms with Gasteiger partial charge in [0.1, 0.15) is 0 Å². The van der Waals surface area contributed by atoms with Crippen LogP contribution in [-0.2, 0) is 6.54 Å². The highest BCUT2D eigenvalue weighted by atomic mass is 16.1. The minimum Gasteiger partial charge on any atom is -0.355 e. The maximum atomic E-state index is 11.4. The van der Waals surface area contributed by atoms with Crippen molar-refractivity contribution in [2.24, 2.45) is 0 Å². The third kappa shape index (κ3) is 4.72. The maximum absolute atomic E-state index is 11.4. The second-order valence-electron chi connectivity index (χ2n) is 4.42. The summed E-state index contributed by atoms with van der Waals surface area (Å²) in [7, 11) is 1.64. The summed E-state index contributed by atoms with van der Waals surface area (Å²) in [4.78, 5) is 11.4. The van der Waals surface area contributed by atoms with Crippen LogP contribution in [-0.4, -0.2) is 19.0 Å². The van der Waals surface area contributed by atoms with E-state index in [2.05, 4.69) is 24.1 Å². The number of nitrogens with one attached hydrogen (secondary N) is 2. The van der Waals surface area contributed by atoms with Crippen molar-refractivity contribution >= 4 is 5.91 Å². The average Bonchev–Trinajstić information content (AvgIpc) is 2.42. The van der Waals surface area contributed by atoms with Crippen molar-refractivity contribution in [2.45, 2.75) is 32.4 Å². The van der Waals surface area contributed by atoms with E-state index in [1.807, 2.05) is 30.3 Å². The van der Waals surface area contributed by atoms with Crippen molar-refractivity contribution in [1.29, 1.82) is 0 Å². The number of benzene rings is 1. The van der Waals surface area contributed by atoms with E-state index in [9.17, 15) is 4.79 Å². The Hall–Kier alpha value is -1.61. The largest absolute Gasteiger partial charge is 0.355 e. The molecule has 1 unspecified atom stereocenters. The number of hydrogen-bond donors (Lipinski definition) is 2. The van der Waals surface area contributed by atoms with Crippen LogP contribution in [0, 0.1) is 0 Å². The number of amides is 1. The standard InChI is InChI=1S/C15H22N2O/c1-4-5-6-12(2)17-11-13-7-9-14(10-8-13)15(18)16-3/h4,7-10,12,17H,1,5-6,11H2,2-3H3,(H,16,18). The molecule has 0 saturated carbocycles. The van der Waals surface area contributed by atoms with E-state index in [-0.39, 0.29) is 5.91 Å². The SMILES string of the molecule is C=CCCC(C)NCc1ccc(C(=O)NC)cc1. The minimum absolute atomic E-state index is 0.0474. The van der Waals surface area contributed by atoms with Crippen LogP contribution >= 0.6 is 0 Å². The summed E-state index contributed by atoms with van der Waals surface area (Å²) in [5.41, 5.74) is 1.88. The first-order valence-corrected chi connectivity index (χ1v) is 6.32. The fourth-order valence-electron chi connectivity index (χ4n) is 1.68. The number of hydrogen-bond acceptors (Lipinski definition) is 2. The molecule has 2 N–H and O–H groups in total. The van der Waals surface area contributed by atoms with Crippen LogP contribution in [0.1, 0.15) is 35.7 Å². The molecule has 98 valence electrons. The van der Waals surface area contributed by atoms with E-state index in [0.717, 1.165) is 19.4 Å². The van der Waals surface area contributed by atoms with Crippen LogP contribution < -0.4 is 10.6 Å². The van der Waals surface area contributed by atoms with Gasteiger partial charge in [0.05, 0.1) is 0 Å². The van der Waals surface area contributed by atoms with Crippen molar-refractivity contribution in [3.05, 3.63) is 48.0 Å². The molecule has 1 aromatic carbocycles. The lowest BCUT2D eigenvalue weighted by atomic mass is 10.1. The highest BCUT2D eigenvalue weighted by Gasteiger charge is 2.03. The van der Waals surface area contributed by atoms with Gasteiger partial charge >= 0.3 is 0 Å². The van der Waals surface area contributed by atoms with Gasteiger partial charge in [-0.15, -0.1) is 6.58 Å². The van der Waals surface area contributed by atoms with Crippen LogP contribution in [0.15, 0.2) is 36.9 Å². The molecule has 0 saturated heterocycles. The summed E-state index contributed by atoms with van der Waals surface area (Å²) >= 11 is 0. The van der Waals surface area contributed by atoms with Crippen LogP contribution in [0.2, 0.25) is 0 Å². The molecule has 0 heterocycles. The number of rotatable bonds is 7. The lowest BCUT2D eigenvalue weighted by Gasteiger charge is -2.12. The van der Waals surface area contributed by atoms with Gasteiger partial charge < -0.3 is 10.6 Å². The van der Waals surface area contributed by atoms with Crippen molar-refractivity contribution in [2.75, 3.05) is 7.05 Å². The van der Waals surface area contributed by atoms with Crippen LogP contribution in [0.4, 0.5) is 0 Å². The van der Waals surface area contributed by atoms with Gasteiger partial charge in [0.15, 0.2) is 0 Å². The van der Waals surface area contributed by atoms with Crippen LogP contribution in [0.3, 0.4) is 0 Å². The molecule has 1 amide bonds. The summed E-state index contributed by atoms with van der Waals surface area (Å²) in [6, 6.07) is 8.14. The zero-order valence-electron chi connectivity index (χ0n) is 11.2. The van der Waals surface area contributed by atoms with E-state index in [0.29, 0.717) is 11.6 Å². The summed E-state index contributed by atoms with van der Waals surface area (Å²) in [6.07, 6.45) is 4.07. The highest BCUT2D eigenvalue weighted by Crippen LogP contribution is 2.05. The van der Waals surface area contributed by atoms with Crippen LogP contribution in [0.25, 0.3) is 0 Å². The van der Waals surface area contributed by atoms with Gasteiger partial charge in [-0.25, -0.2) is 0 Å². The predicted molar refractivity (Wildman–Crippen MR) is 75.6 cm³/mol. The molecule has 1 rings (SSSR count). The molecule has 0 aromatic heterocycles. The molecule has 0 aliphatic carbocycles. The third-order valence-electron chi connectivity index (χ3n) is 2.90. The summed E-state index contributed by atoms with van der Waals surface area (Å²) < 4.78 is 0. The number of carbonyl (C=O) groups is 1. The van der Waals surface area contributed by atoms with Crippen LogP contribution in [0.5, 0.6) is 0 Å². The second-order valence-corrected chi connectivity index (χ2v) is 4.42. The van der Waals surface area contributed by atoms with E-state index in [1.54, 1.807) is 7.05 Å². The van der Waals surface area contributed by atoms with E-state index < -0.39 is 0 Å². The first kappa shape index (κ1) is 14.5. The first-order chi connectivity index (χ1) is 8.67. The first-order valence-electron chi connectivity index (χ1n) is 6.32. The Morgan fingerprint density at radius 2 is 2.06 bits per heavy atom. The number of allylic oxidation sites excluding steroid dienone is 1. The van der Waals surface area contributed by atoms with E-state index >= 15 is 0 Å². The normalized spacial score (nSPS) is 11.9. The summed E-state index contributed by atoms with van der Waals surface area (Å²) in [6.45, 7) is 6.71. The third-order valence-corrected chi connectivity index (χ3v) is 2.90. The Morgan fingerprint density at radius 1 is 1.39 bits per heavy atom. The van der Waals surface area contributed by atoms with Gasteiger partial charge in [0, 0.05) is 25.2 Å². The van der Waals surface area contributed by atoms with E-state index in [1.165, 1.54) is 5.56 Å². The minimum atomic E-state index is -0.0474. The molecule has 0 radical (unpaired) electrons. The Bertz CT molecular complexity index is 384. The molecule has 0 aliphatic heterocycles. The Morgan fingerprint density at radius 3 is 2.61 bits per heavy atom. The van der Waals surface area contributed by atoms with Crippen molar-refractivity contribution < 1.29 is 4.79 Å². The lowest BCUT2D eigenvalue weighted by Crippen LogP contribution is -2.25. The highest BCUT2D eigenvalue weighted by molar-refractivity contribution is 5.93. The van der Waals surface area contributed by atoms with Gasteiger partial charge in [0.25, 0.3) is 5.91 Å². The van der Waals surface area contributed by atoms with E-state index in [4.69, 9.17) is 0 Å². The Kier molecular flexibility index (Phi) is 6.15. The van der Waals surface area contributed by atoms with Gasteiger partial charge in [-0.1, -0.05) is 18.2 Å². The maximum Gasteiger partial charge on any atom is 0.251 e. The van der Waals surface area contributed by atoms with Gasteiger partial charge in [-0.05, 0) is 37.5 Å². The molecular weight excluding hydrogens is 224 g/mol. The molecule has 0 fully saturated rings. The summed E-state index contributed by atoms with van der Waals surface area (Å²) in [5.74, 6) is -0.0474. The average molecular weight is 246 g/mol. The molecule has 3 nitrogen and oxygen atoms in total.